The summed E-state index contributed by atoms with van der Waals surface area (Å²) in [4.78, 5) is 11.9. The fourth-order valence-corrected chi connectivity index (χ4v) is 2.57. The van der Waals surface area contributed by atoms with Gasteiger partial charge in [0.05, 0.1) is 17.8 Å². The zero-order valence-electron chi connectivity index (χ0n) is 12.2. The number of anilines is 2. The molecule has 0 heterocycles. The number of benzene rings is 2. The van der Waals surface area contributed by atoms with Crippen molar-refractivity contribution in [3.05, 3.63) is 58.1 Å². The molecule has 0 aliphatic rings. The summed E-state index contributed by atoms with van der Waals surface area (Å²) in [7, 11) is 0. The van der Waals surface area contributed by atoms with E-state index in [9.17, 15) is 18.0 Å². The number of rotatable bonds is 4. The average Bonchev–Trinajstić information content (AvgIpc) is 2.47. The molecule has 2 aromatic rings. The van der Waals surface area contributed by atoms with Crippen molar-refractivity contribution >= 4 is 33.2 Å². The van der Waals surface area contributed by atoms with Crippen molar-refractivity contribution in [3.8, 4) is 0 Å². The summed E-state index contributed by atoms with van der Waals surface area (Å²) in [5.41, 5.74) is 0.654. The van der Waals surface area contributed by atoms with E-state index in [0.717, 1.165) is 11.6 Å². The van der Waals surface area contributed by atoms with Gasteiger partial charge in [-0.15, -0.1) is 0 Å². The first-order valence-corrected chi connectivity index (χ1v) is 7.53. The van der Waals surface area contributed by atoms with Gasteiger partial charge in [0, 0.05) is 10.2 Å². The number of carbonyl (C=O) groups is 1. The molecule has 0 spiro atoms. The number of aryl methyl sites for hydroxylation is 1. The molecule has 0 atom stereocenters. The lowest BCUT2D eigenvalue weighted by Crippen LogP contribution is -2.23. The van der Waals surface area contributed by atoms with Crippen LogP contribution < -0.4 is 10.6 Å². The molecule has 0 bridgehead atoms. The summed E-state index contributed by atoms with van der Waals surface area (Å²) in [5, 5.41) is 5.16. The highest BCUT2D eigenvalue weighted by molar-refractivity contribution is 9.10. The van der Waals surface area contributed by atoms with Gasteiger partial charge >= 0.3 is 6.18 Å². The summed E-state index contributed by atoms with van der Waals surface area (Å²) in [6.45, 7) is 1.64. The SMILES string of the molecule is Cc1ccc(NC(=O)CNc2ccccc2C(F)(F)F)c(Br)c1. The van der Waals surface area contributed by atoms with Crippen molar-refractivity contribution in [1.29, 1.82) is 0 Å². The Hall–Kier alpha value is -2.02. The third-order valence-corrected chi connectivity index (χ3v) is 3.73. The number of hydrogen-bond acceptors (Lipinski definition) is 2. The fraction of sp³-hybridized carbons (Fsp3) is 0.188. The van der Waals surface area contributed by atoms with Gasteiger partial charge < -0.3 is 10.6 Å². The molecule has 0 unspecified atom stereocenters. The monoisotopic (exact) mass is 386 g/mol. The van der Waals surface area contributed by atoms with E-state index in [1.54, 1.807) is 6.07 Å². The molecular weight excluding hydrogens is 373 g/mol. The Kier molecular flexibility index (Phi) is 5.30. The molecule has 0 aromatic heterocycles. The second-order valence-corrected chi connectivity index (χ2v) is 5.78. The highest BCUT2D eigenvalue weighted by Gasteiger charge is 2.33. The van der Waals surface area contributed by atoms with Crippen molar-refractivity contribution in [3.63, 3.8) is 0 Å². The van der Waals surface area contributed by atoms with Gasteiger partial charge in [-0.2, -0.15) is 13.2 Å². The molecule has 3 nitrogen and oxygen atoms in total. The summed E-state index contributed by atoms with van der Waals surface area (Å²) in [6, 6.07) is 10.4. The molecule has 0 saturated heterocycles. The van der Waals surface area contributed by atoms with Crippen LogP contribution in [0.3, 0.4) is 0 Å². The molecule has 0 radical (unpaired) electrons. The molecule has 7 heteroatoms. The largest absolute Gasteiger partial charge is 0.418 e. The van der Waals surface area contributed by atoms with E-state index in [2.05, 4.69) is 26.6 Å². The maximum absolute atomic E-state index is 12.9. The van der Waals surface area contributed by atoms with Gasteiger partial charge in [0.2, 0.25) is 5.91 Å². The lowest BCUT2D eigenvalue weighted by Gasteiger charge is -2.14. The van der Waals surface area contributed by atoms with Gasteiger partial charge in [-0.05, 0) is 52.7 Å². The van der Waals surface area contributed by atoms with Gasteiger partial charge in [0.25, 0.3) is 0 Å². The minimum Gasteiger partial charge on any atom is -0.376 e. The van der Waals surface area contributed by atoms with Crippen LogP contribution in [0.4, 0.5) is 24.5 Å². The van der Waals surface area contributed by atoms with E-state index in [1.807, 2.05) is 19.1 Å². The Bertz CT molecular complexity index is 717. The molecule has 0 saturated carbocycles. The number of nitrogens with one attached hydrogen (secondary N) is 2. The Morgan fingerprint density at radius 1 is 1.13 bits per heavy atom. The topological polar surface area (TPSA) is 41.1 Å². The highest BCUT2D eigenvalue weighted by Crippen LogP contribution is 2.34. The predicted molar refractivity (Wildman–Crippen MR) is 87.4 cm³/mol. The standard InChI is InChI=1S/C16H14BrF3N2O/c1-10-6-7-14(12(17)8-10)22-15(23)9-21-13-5-3-2-4-11(13)16(18,19)20/h2-8,21H,9H2,1H3,(H,22,23). The summed E-state index contributed by atoms with van der Waals surface area (Å²) in [5.74, 6) is -0.438. The second-order valence-electron chi connectivity index (χ2n) is 4.93. The molecule has 0 fully saturated rings. The maximum atomic E-state index is 12.9. The van der Waals surface area contributed by atoms with E-state index in [1.165, 1.54) is 18.2 Å². The lowest BCUT2D eigenvalue weighted by molar-refractivity contribution is -0.137. The zero-order chi connectivity index (χ0) is 17.0. The number of amides is 1. The van der Waals surface area contributed by atoms with Crippen LogP contribution in [0.1, 0.15) is 11.1 Å². The minimum absolute atomic E-state index is 0.127. The quantitative estimate of drug-likeness (QED) is 0.790. The van der Waals surface area contributed by atoms with Crippen molar-refractivity contribution in [2.24, 2.45) is 0 Å². The van der Waals surface area contributed by atoms with E-state index in [-0.39, 0.29) is 12.2 Å². The van der Waals surface area contributed by atoms with Gasteiger partial charge in [0.15, 0.2) is 0 Å². The molecule has 0 aliphatic carbocycles. The number of hydrogen-bond donors (Lipinski definition) is 2. The molecule has 0 aliphatic heterocycles. The highest BCUT2D eigenvalue weighted by atomic mass is 79.9. The molecule has 2 rings (SSSR count). The van der Waals surface area contributed by atoms with Crippen LogP contribution in [0, 0.1) is 6.92 Å². The van der Waals surface area contributed by atoms with E-state index in [4.69, 9.17) is 0 Å². The molecule has 1 amide bonds. The Morgan fingerprint density at radius 2 is 1.83 bits per heavy atom. The van der Waals surface area contributed by atoms with Gasteiger partial charge in [-0.25, -0.2) is 0 Å². The summed E-state index contributed by atoms with van der Waals surface area (Å²) >= 11 is 3.33. The number of halogens is 4. The summed E-state index contributed by atoms with van der Waals surface area (Å²) < 4.78 is 39.3. The molecule has 2 aromatic carbocycles. The van der Waals surface area contributed by atoms with Gasteiger partial charge in [-0.3, -0.25) is 4.79 Å². The lowest BCUT2D eigenvalue weighted by atomic mass is 10.1. The van der Waals surface area contributed by atoms with Gasteiger partial charge in [0.1, 0.15) is 0 Å². The van der Waals surface area contributed by atoms with Crippen LogP contribution >= 0.6 is 15.9 Å². The third kappa shape index (κ3) is 4.72. The van der Waals surface area contributed by atoms with Crippen molar-refractivity contribution in [2.75, 3.05) is 17.2 Å². The molecule has 23 heavy (non-hydrogen) atoms. The zero-order valence-corrected chi connectivity index (χ0v) is 13.8. The van der Waals surface area contributed by atoms with Crippen LogP contribution in [0.5, 0.6) is 0 Å². The average molecular weight is 387 g/mol. The summed E-state index contributed by atoms with van der Waals surface area (Å²) in [6.07, 6.45) is -4.47. The first kappa shape index (κ1) is 17.3. The smallest absolute Gasteiger partial charge is 0.376 e. The van der Waals surface area contributed by atoms with Crippen LogP contribution in [0.15, 0.2) is 46.9 Å². The van der Waals surface area contributed by atoms with E-state index < -0.39 is 17.6 Å². The molecular formula is C16H14BrF3N2O. The minimum atomic E-state index is -4.47. The van der Waals surface area contributed by atoms with E-state index in [0.29, 0.717) is 10.2 Å². The number of carbonyl (C=O) groups excluding carboxylic acids is 1. The van der Waals surface area contributed by atoms with Crippen molar-refractivity contribution < 1.29 is 18.0 Å². The maximum Gasteiger partial charge on any atom is 0.418 e. The van der Waals surface area contributed by atoms with Crippen LogP contribution in [-0.2, 0) is 11.0 Å². The Morgan fingerprint density at radius 3 is 2.48 bits per heavy atom. The fourth-order valence-electron chi connectivity index (χ4n) is 1.98. The second kappa shape index (κ2) is 7.04. The Labute approximate surface area is 140 Å². The van der Waals surface area contributed by atoms with Crippen molar-refractivity contribution in [1.82, 2.24) is 0 Å². The van der Waals surface area contributed by atoms with Crippen LogP contribution in [0.2, 0.25) is 0 Å². The van der Waals surface area contributed by atoms with E-state index >= 15 is 0 Å². The van der Waals surface area contributed by atoms with Crippen molar-refractivity contribution in [2.45, 2.75) is 13.1 Å². The first-order chi connectivity index (χ1) is 10.8. The third-order valence-electron chi connectivity index (χ3n) is 3.07. The first-order valence-electron chi connectivity index (χ1n) is 6.73. The normalized spacial score (nSPS) is 11.2. The predicted octanol–water partition coefficient (Wildman–Crippen LogP) is 4.83. The van der Waals surface area contributed by atoms with Crippen LogP contribution in [-0.4, -0.2) is 12.5 Å². The van der Waals surface area contributed by atoms with Crippen LogP contribution in [0.25, 0.3) is 0 Å². The molecule has 2 N–H and O–H groups in total. The molecule has 122 valence electrons. The Balaban J connectivity index is 2.03. The van der Waals surface area contributed by atoms with Gasteiger partial charge in [-0.1, -0.05) is 18.2 Å². The number of para-hydroxylation sites is 1. The number of alkyl halides is 3.